The monoisotopic (exact) mass is 370 g/mol. The molecule has 1 heterocycles. The first-order chi connectivity index (χ1) is 12.6. The smallest absolute Gasteiger partial charge is 0.234 e. The van der Waals surface area contributed by atoms with Gasteiger partial charge in [0.1, 0.15) is 5.54 Å². The summed E-state index contributed by atoms with van der Waals surface area (Å²) in [6.07, 6.45) is 4.56. The molecule has 1 fully saturated rings. The molecule has 1 amide bonds. The third-order valence-corrected chi connectivity index (χ3v) is 5.85. The van der Waals surface area contributed by atoms with E-state index in [1.54, 1.807) is 11.9 Å². The Hall–Kier alpha value is -2.53. The van der Waals surface area contributed by atoms with E-state index in [4.69, 9.17) is 5.84 Å². The zero-order chi connectivity index (χ0) is 18.6. The van der Waals surface area contributed by atoms with Gasteiger partial charge in [0.2, 0.25) is 11.1 Å². The van der Waals surface area contributed by atoms with Crippen LogP contribution >= 0.6 is 11.8 Å². The van der Waals surface area contributed by atoms with Gasteiger partial charge in [0.05, 0.1) is 11.8 Å². The molecule has 0 bridgehead atoms. The fourth-order valence-electron chi connectivity index (χ4n) is 3.28. The van der Waals surface area contributed by atoms with Crippen LogP contribution in [0.1, 0.15) is 32.1 Å². The van der Waals surface area contributed by atoms with E-state index in [2.05, 4.69) is 16.3 Å². The predicted octanol–water partition coefficient (Wildman–Crippen LogP) is 2.44. The molecule has 0 aliphatic heterocycles. The summed E-state index contributed by atoms with van der Waals surface area (Å²) in [4.78, 5) is 14.2. The van der Waals surface area contributed by atoms with Crippen LogP contribution in [0, 0.1) is 11.3 Å². The summed E-state index contributed by atoms with van der Waals surface area (Å²) in [5, 5.41) is 18.3. The molecule has 1 aliphatic rings. The number of nitrogen functional groups attached to an aromatic ring is 1. The molecular formula is C18H22N6OS. The van der Waals surface area contributed by atoms with Crippen LogP contribution in [0.3, 0.4) is 0 Å². The maximum absolute atomic E-state index is 12.6. The minimum atomic E-state index is -0.679. The van der Waals surface area contributed by atoms with Gasteiger partial charge in [-0.1, -0.05) is 61.4 Å². The van der Waals surface area contributed by atoms with Crippen molar-refractivity contribution in [2.24, 2.45) is 0 Å². The standard InChI is InChI=1S/C18H22N6OS/c1-23(18(13-19)10-6-3-7-11-18)15(25)12-26-17-22-21-16(24(17)20)14-8-4-2-5-9-14/h2,4-5,8-9H,3,6-7,10-12,20H2,1H3. The third kappa shape index (κ3) is 3.53. The van der Waals surface area contributed by atoms with E-state index < -0.39 is 5.54 Å². The molecule has 0 radical (unpaired) electrons. The van der Waals surface area contributed by atoms with Crippen LogP contribution in [0.5, 0.6) is 0 Å². The van der Waals surface area contributed by atoms with Crippen molar-refractivity contribution in [2.45, 2.75) is 42.8 Å². The van der Waals surface area contributed by atoms with E-state index in [1.165, 1.54) is 16.4 Å². The van der Waals surface area contributed by atoms with Crippen molar-refractivity contribution in [2.75, 3.05) is 18.6 Å². The summed E-state index contributed by atoms with van der Waals surface area (Å²) in [5.41, 5.74) is 0.185. The summed E-state index contributed by atoms with van der Waals surface area (Å²) in [7, 11) is 1.72. The molecule has 3 rings (SSSR count). The molecule has 1 saturated carbocycles. The predicted molar refractivity (Wildman–Crippen MR) is 101 cm³/mol. The number of nitrogens with zero attached hydrogens (tertiary/aromatic N) is 5. The fraction of sp³-hybridized carbons (Fsp3) is 0.444. The Balaban J connectivity index is 1.67. The van der Waals surface area contributed by atoms with Crippen molar-refractivity contribution in [3.63, 3.8) is 0 Å². The van der Waals surface area contributed by atoms with Gasteiger partial charge in [-0.15, -0.1) is 10.2 Å². The second-order valence-corrected chi connectivity index (χ2v) is 7.43. The molecule has 2 aromatic rings. The summed E-state index contributed by atoms with van der Waals surface area (Å²) in [5.74, 6) is 6.71. The minimum Gasteiger partial charge on any atom is -0.335 e. The van der Waals surface area contributed by atoms with Gasteiger partial charge in [0.15, 0.2) is 5.82 Å². The van der Waals surface area contributed by atoms with Crippen molar-refractivity contribution in [3.05, 3.63) is 30.3 Å². The molecule has 0 spiro atoms. The van der Waals surface area contributed by atoms with Crippen LogP contribution in [0.2, 0.25) is 0 Å². The molecule has 1 aromatic carbocycles. The van der Waals surface area contributed by atoms with Gasteiger partial charge in [-0.25, -0.2) is 4.68 Å². The molecule has 7 nitrogen and oxygen atoms in total. The lowest BCUT2D eigenvalue weighted by Crippen LogP contribution is -2.50. The van der Waals surface area contributed by atoms with E-state index in [-0.39, 0.29) is 11.7 Å². The Morgan fingerprint density at radius 1 is 1.31 bits per heavy atom. The van der Waals surface area contributed by atoms with Gasteiger partial charge < -0.3 is 10.7 Å². The quantitative estimate of drug-likeness (QED) is 0.641. The molecule has 8 heteroatoms. The van der Waals surface area contributed by atoms with Gasteiger partial charge in [-0.2, -0.15) is 5.26 Å². The second kappa shape index (κ2) is 7.79. The van der Waals surface area contributed by atoms with Gasteiger partial charge >= 0.3 is 0 Å². The van der Waals surface area contributed by atoms with E-state index in [0.29, 0.717) is 11.0 Å². The Labute approximate surface area is 157 Å². The van der Waals surface area contributed by atoms with Crippen molar-refractivity contribution in [1.82, 2.24) is 19.8 Å². The van der Waals surface area contributed by atoms with Crippen LogP contribution in [0.15, 0.2) is 35.5 Å². The molecule has 2 N–H and O–H groups in total. The number of amides is 1. The third-order valence-electron chi connectivity index (χ3n) is 4.93. The number of rotatable bonds is 5. The first kappa shape index (κ1) is 18.3. The molecule has 1 aliphatic carbocycles. The van der Waals surface area contributed by atoms with Crippen LogP contribution in [0.4, 0.5) is 0 Å². The zero-order valence-electron chi connectivity index (χ0n) is 14.8. The first-order valence-corrected chi connectivity index (χ1v) is 9.62. The molecular weight excluding hydrogens is 348 g/mol. The molecule has 0 atom stereocenters. The summed E-state index contributed by atoms with van der Waals surface area (Å²) < 4.78 is 1.40. The number of carbonyl (C=O) groups excluding carboxylic acids is 1. The number of aromatic nitrogens is 3. The Morgan fingerprint density at radius 3 is 2.65 bits per heavy atom. The average Bonchev–Trinajstić information content (AvgIpc) is 3.07. The Morgan fingerprint density at radius 2 is 2.00 bits per heavy atom. The first-order valence-electron chi connectivity index (χ1n) is 8.64. The van der Waals surface area contributed by atoms with Crippen LogP contribution in [-0.2, 0) is 4.79 Å². The van der Waals surface area contributed by atoms with Crippen LogP contribution in [-0.4, -0.2) is 44.0 Å². The number of hydrogen-bond acceptors (Lipinski definition) is 6. The Kier molecular flexibility index (Phi) is 5.47. The lowest BCUT2D eigenvalue weighted by molar-refractivity contribution is -0.131. The largest absolute Gasteiger partial charge is 0.335 e. The van der Waals surface area contributed by atoms with Gasteiger partial charge in [0, 0.05) is 12.6 Å². The maximum atomic E-state index is 12.6. The van der Waals surface area contributed by atoms with Crippen LogP contribution in [0.25, 0.3) is 11.4 Å². The maximum Gasteiger partial charge on any atom is 0.234 e. The molecule has 0 saturated heterocycles. The molecule has 26 heavy (non-hydrogen) atoms. The summed E-state index contributed by atoms with van der Waals surface area (Å²) >= 11 is 1.24. The number of thioether (sulfide) groups is 1. The number of benzene rings is 1. The van der Waals surface area contributed by atoms with Crippen molar-refractivity contribution in [3.8, 4) is 17.5 Å². The van der Waals surface area contributed by atoms with Gasteiger partial charge in [-0.05, 0) is 12.8 Å². The van der Waals surface area contributed by atoms with Crippen LogP contribution < -0.4 is 5.84 Å². The second-order valence-electron chi connectivity index (χ2n) is 6.49. The fourth-order valence-corrected chi connectivity index (χ4v) is 4.05. The lowest BCUT2D eigenvalue weighted by atomic mass is 9.81. The number of nitriles is 1. The average molecular weight is 370 g/mol. The molecule has 0 unspecified atom stereocenters. The van der Waals surface area contributed by atoms with E-state index >= 15 is 0 Å². The highest BCUT2D eigenvalue weighted by Crippen LogP contribution is 2.33. The normalized spacial score (nSPS) is 16.0. The van der Waals surface area contributed by atoms with Gasteiger partial charge in [-0.3, -0.25) is 4.79 Å². The van der Waals surface area contributed by atoms with E-state index in [9.17, 15) is 10.1 Å². The topological polar surface area (TPSA) is 101 Å². The van der Waals surface area contributed by atoms with E-state index in [0.717, 1.165) is 37.7 Å². The number of nitrogens with two attached hydrogens (primary N) is 1. The minimum absolute atomic E-state index is 0.0947. The summed E-state index contributed by atoms with van der Waals surface area (Å²) in [6, 6.07) is 11.9. The summed E-state index contributed by atoms with van der Waals surface area (Å²) in [6.45, 7) is 0. The highest BCUT2D eigenvalue weighted by atomic mass is 32.2. The van der Waals surface area contributed by atoms with Crippen molar-refractivity contribution in [1.29, 1.82) is 5.26 Å². The number of carbonyl (C=O) groups is 1. The van der Waals surface area contributed by atoms with E-state index in [1.807, 2.05) is 30.3 Å². The number of hydrogen-bond donors (Lipinski definition) is 1. The van der Waals surface area contributed by atoms with Gasteiger partial charge in [0.25, 0.3) is 0 Å². The Bertz CT molecular complexity index is 807. The highest BCUT2D eigenvalue weighted by molar-refractivity contribution is 7.99. The zero-order valence-corrected chi connectivity index (χ0v) is 15.6. The SMILES string of the molecule is CN(C(=O)CSc1nnc(-c2ccccc2)n1N)C1(C#N)CCCCC1. The van der Waals surface area contributed by atoms with Crippen molar-refractivity contribution >= 4 is 17.7 Å². The van der Waals surface area contributed by atoms with Crippen molar-refractivity contribution < 1.29 is 4.79 Å². The molecule has 1 aromatic heterocycles. The molecule has 136 valence electrons. The highest BCUT2D eigenvalue weighted by Gasteiger charge is 2.38. The lowest BCUT2D eigenvalue weighted by Gasteiger charge is -2.39.